The van der Waals surface area contributed by atoms with Gasteiger partial charge in [-0.1, -0.05) is 0 Å². The smallest absolute Gasteiger partial charge is 0.222 e. The Balaban J connectivity index is 2.11. The summed E-state index contributed by atoms with van der Waals surface area (Å²) in [5.41, 5.74) is 7.44. The van der Waals surface area contributed by atoms with Crippen molar-refractivity contribution < 1.29 is 0 Å². The molecular weight excluding hydrogens is 190 g/mol. The molecule has 0 amide bonds. The number of anilines is 1. The van der Waals surface area contributed by atoms with Crippen molar-refractivity contribution in [2.45, 2.75) is 0 Å². The molecule has 2 aromatic heterocycles. The van der Waals surface area contributed by atoms with Crippen LogP contribution in [0.4, 0.5) is 5.95 Å². The fourth-order valence-electron chi connectivity index (χ4n) is 1.26. The third kappa shape index (κ3) is 2.32. The number of hydrogen-bond donors (Lipinski definition) is 3. The number of nitrogens with one attached hydrogen (secondary N) is 2. The lowest BCUT2D eigenvalue weighted by molar-refractivity contribution is 0.990. The van der Waals surface area contributed by atoms with Crippen LogP contribution in [0.15, 0.2) is 30.9 Å². The van der Waals surface area contributed by atoms with Crippen LogP contribution < -0.4 is 11.1 Å². The molecule has 0 spiro atoms. The summed E-state index contributed by atoms with van der Waals surface area (Å²) in [4.78, 5) is 11.4. The van der Waals surface area contributed by atoms with E-state index in [-0.39, 0.29) is 0 Å². The molecule has 2 aromatic rings. The van der Waals surface area contributed by atoms with E-state index >= 15 is 0 Å². The minimum atomic E-state index is 0.572. The molecular formula is C10H13N5. The van der Waals surface area contributed by atoms with Crippen LogP contribution in [0.3, 0.4) is 0 Å². The zero-order valence-electron chi connectivity index (χ0n) is 8.27. The van der Waals surface area contributed by atoms with Gasteiger partial charge in [-0.15, -0.1) is 0 Å². The molecule has 5 heteroatoms. The summed E-state index contributed by atoms with van der Waals surface area (Å²) in [5.74, 6) is 0.611. The first-order valence-electron chi connectivity index (χ1n) is 4.79. The predicted molar refractivity (Wildman–Crippen MR) is 59.4 cm³/mol. The lowest BCUT2D eigenvalue weighted by atomic mass is 10.2. The number of aromatic nitrogens is 3. The molecule has 5 nitrogen and oxygen atoms in total. The summed E-state index contributed by atoms with van der Waals surface area (Å²) >= 11 is 0. The van der Waals surface area contributed by atoms with E-state index in [4.69, 9.17) is 5.73 Å². The quantitative estimate of drug-likeness (QED) is 0.688. The second-order valence-electron chi connectivity index (χ2n) is 3.11. The van der Waals surface area contributed by atoms with Crippen LogP contribution in [0.5, 0.6) is 0 Å². The number of aromatic amines is 1. The molecule has 0 saturated heterocycles. The molecule has 0 atom stereocenters. The third-order valence-corrected chi connectivity index (χ3v) is 2.01. The number of H-pyrrole nitrogens is 1. The van der Waals surface area contributed by atoms with E-state index in [1.807, 2.05) is 18.5 Å². The first-order valence-corrected chi connectivity index (χ1v) is 4.79. The molecule has 2 rings (SSSR count). The van der Waals surface area contributed by atoms with Gasteiger partial charge in [0.25, 0.3) is 0 Å². The van der Waals surface area contributed by atoms with Gasteiger partial charge in [-0.05, 0) is 6.07 Å². The number of rotatable bonds is 4. The van der Waals surface area contributed by atoms with Gasteiger partial charge in [0.15, 0.2) is 0 Å². The Morgan fingerprint density at radius 2 is 2.07 bits per heavy atom. The molecule has 0 fully saturated rings. The van der Waals surface area contributed by atoms with Gasteiger partial charge < -0.3 is 16.0 Å². The number of nitrogens with zero attached hydrogens (tertiary/aromatic N) is 2. The summed E-state index contributed by atoms with van der Waals surface area (Å²) in [7, 11) is 0. The van der Waals surface area contributed by atoms with E-state index in [9.17, 15) is 0 Å². The van der Waals surface area contributed by atoms with Crippen LogP contribution in [0, 0.1) is 0 Å². The average Bonchev–Trinajstić information content (AvgIpc) is 2.80. The van der Waals surface area contributed by atoms with E-state index < -0.39 is 0 Å². The van der Waals surface area contributed by atoms with Crippen molar-refractivity contribution >= 4 is 5.95 Å². The van der Waals surface area contributed by atoms with Crippen molar-refractivity contribution in [2.75, 3.05) is 18.4 Å². The molecule has 0 aliphatic rings. The topological polar surface area (TPSA) is 79.6 Å². The SMILES string of the molecule is NCCNc1ncc(-c2cc[nH]c2)cn1. The fraction of sp³-hybridized carbons (Fsp3) is 0.200. The Hall–Kier alpha value is -1.88. The lowest BCUT2D eigenvalue weighted by Gasteiger charge is -2.02. The van der Waals surface area contributed by atoms with Crippen LogP contribution in [0.25, 0.3) is 11.1 Å². The monoisotopic (exact) mass is 203 g/mol. The molecule has 0 radical (unpaired) electrons. The number of nitrogens with two attached hydrogens (primary N) is 1. The van der Waals surface area contributed by atoms with Gasteiger partial charge in [-0.25, -0.2) is 9.97 Å². The van der Waals surface area contributed by atoms with Gasteiger partial charge in [-0.3, -0.25) is 0 Å². The normalized spacial score (nSPS) is 10.2. The Kier molecular flexibility index (Phi) is 2.94. The molecule has 0 unspecified atom stereocenters. The highest BCUT2D eigenvalue weighted by molar-refractivity contribution is 5.60. The summed E-state index contributed by atoms with van der Waals surface area (Å²) < 4.78 is 0. The molecule has 0 bridgehead atoms. The van der Waals surface area contributed by atoms with E-state index in [1.54, 1.807) is 12.4 Å². The summed E-state index contributed by atoms with van der Waals surface area (Å²) in [6, 6.07) is 1.98. The molecule has 15 heavy (non-hydrogen) atoms. The van der Waals surface area contributed by atoms with Gasteiger partial charge in [0.2, 0.25) is 5.95 Å². The minimum Gasteiger partial charge on any atom is -0.367 e. The highest BCUT2D eigenvalue weighted by atomic mass is 15.1. The summed E-state index contributed by atoms with van der Waals surface area (Å²) in [5, 5.41) is 3.01. The van der Waals surface area contributed by atoms with Crippen molar-refractivity contribution in [3.8, 4) is 11.1 Å². The van der Waals surface area contributed by atoms with Crippen molar-refractivity contribution in [3.63, 3.8) is 0 Å². The molecule has 0 saturated carbocycles. The molecule has 4 N–H and O–H groups in total. The maximum atomic E-state index is 5.36. The molecule has 0 aliphatic heterocycles. The van der Waals surface area contributed by atoms with Crippen LogP contribution >= 0.6 is 0 Å². The molecule has 0 aromatic carbocycles. The zero-order chi connectivity index (χ0) is 10.5. The van der Waals surface area contributed by atoms with Crippen LogP contribution in [-0.4, -0.2) is 28.0 Å². The van der Waals surface area contributed by atoms with Crippen LogP contribution in [-0.2, 0) is 0 Å². The second kappa shape index (κ2) is 4.56. The van der Waals surface area contributed by atoms with Gasteiger partial charge in [0.1, 0.15) is 0 Å². The highest BCUT2D eigenvalue weighted by Crippen LogP contribution is 2.16. The Morgan fingerprint density at radius 1 is 1.27 bits per heavy atom. The van der Waals surface area contributed by atoms with Crippen molar-refractivity contribution in [3.05, 3.63) is 30.9 Å². The summed E-state index contributed by atoms with van der Waals surface area (Å²) in [6.45, 7) is 1.26. The largest absolute Gasteiger partial charge is 0.367 e. The maximum absolute atomic E-state index is 5.36. The third-order valence-electron chi connectivity index (χ3n) is 2.01. The van der Waals surface area contributed by atoms with E-state index in [0.717, 1.165) is 11.1 Å². The van der Waals surface area contributed by atoms with Gasteiger partial charge in [-0.2, -0.15) is 0 Å². The average molecular weight is 203 g/mol. The van der Waals surface area contributed by atoms with E-state index in [2.05, 4.69) is 20.3 Å². The Labute approximate surface area is 87.8 Å². The predicted octanol–water partition coefficient (Wildman–Crippen LogP) is 0.842. The summed E-state index contributed by atoms with van der Waals surface area (Å²) in [6.07, 6.45) is 7.35. The van der Waals surface area contributed by atoms with Crippen molar-refractivity contribution in [1.82, 2.24) is 15.0 Å². The molecule has 78 valence electrons. The highest BCUT2D eigenvalue weighted by Gasteiger charge is 1.99. The zero-order valence-corrected chi connectivity index (χ0v) is 8.27. The van der Waals surface area contributed by atoms with Gasteiger partial charge in [0, 0.05) is 49.0 Å². The molecule has 2 heterocycles. The second-order valence-corrected chi connectivity index (χ2v) is 3.11. The van der Waals surface area contributed by atoms with E-state index in [0.29, 0.717) is 19.0 Å². The minimum absolute atomic E-state index is 0.572. The van der Waals surface area contributed by atoms with E-state index in [1.165, 1.54) is 0 Å². The van der Waals surface area contributed by atoms with Crippen LogP contribution in [0.2, 0.25) is 0 Å². The fourth-order valence-corrected chi connectivity index (χ4v) is 1.26. The van der Waals surface area contributed by atoms with Crippen LogP contribution in [0.1, 0.15) is 0 Å². The molecule has 0 aliphatic carbocycles. The Morgan fingerprint density at radius 3 is 2.67 bits per heavy atom. The Bertz CT molecular complexity index is 392. The lowest BCUT2D eigenvalue weighted by Crippen LogP contribution is -2.14. The van der Waals surface area contributed by atoms with Crippen molar-refractivity contribution in [2.24, 2.45) is 5.73 Å². The van der Waals surface area contributed by atoms with Gasteiger partial charge >= 0.3 is 0 Å². The van der Waals surface area contributed by atoms with Gasteiger partial charge in [0.05, 0.1) is 0 Å². The first-order chi connectivity index (χ1) is 7.40. The number of hydrogen-bond acceptors (Lipinski definition) is 4. The van der Waals surface area contributed by atoms with Crippen molar-refractivity contribution in [1.29, 1.82) is 0 Å². The maximum Gasteiger partial charge on any atom is 0.222 e. The standard InChI is InChI=1S/C10H13N5/c11-2-4-13-10-14-6-9(7-15-10)8-1-3-12-5-8/h1,3,5-7,12H,2,4,11H2,(H,13,14,15). The first kappa shape index (κ1) is 9.67.